The number of guanidine groups is 1. The van der Waals surface area contributed by atoms with Crippen molar-refractivity contribution in [1.82, 2.24) is 10.6 Å². The van der Waals surface area contributed by atoms with Crippen LogP contribution in [0, 0.1) is 5.92 Å². The molecule has 154 valence electrons. The van der Waals surface area contributed by atoms with Crippen molar-refractivity contribution in [3.63, 3.8) is 0 Å². The molecular weight excluding hydrogens is 472 g/mol. The molecule has 2 rings (SSSR count). The molecule has 1 heterocycles. The first-order valence-corrected chi connectivity index (χ1v) is 8.89. The number of methoxy groups -OCH3 is 1. The summed E-state index contributed by atoms with van der Waals surface area (Å²) in [6.45, 7) is 4.72. The number of hydrogen-bond acceptors (Lipinski definition) is 3. The third-order valence-corrected chi connectivity index (χ3v) is 4.26. The molecule has 0 saturated carbocycles. The topological polar surface area (TPSA) is 48.9 Å². The Kier molecular flexibility index (Phi) is 10.0. The average molecular weight is 500 g/mol. The van der Waals surface area contributed by atoms with Crippen LogP contribution in [0.2, 0.25) is 0 Å². The minimum Gasteiger partial charge on any atom is -0.497 e. The van der Waals surface area contributed by atoms with Gasteiger partial charge in [-0.05, 0) is 31.4 Å². The molecule has 1 aliphatic rings. The van der Waals surface area contributed by atoms with E-state index in [4.69, 9.17) is 4.74 Å². The summed E-state index contributed by atoms with van der Waals surface area (Å²) in [5.74, 6) is 1.64. The lowest BCUT2D eigenvalue weighted by Gasteiger charge is -2.19. The van der Waals surface area contributed by atoms with E-state index in [1.54, 1.807) is 7.11 Å². The lowest BCUT2D eigenvalue weighted by atomic mass is 10.1. The number of aliphatic imine (C=N–C) groups is 1. The van der Waals surface area contributed by atoms with Crippen LogP contribution < -0.4 is 20.3 Å². The van der Waals surface area contributed by atoms with E-state index in [-0.39, 0.29) is 30.5 Å². The van der Waals surface area contributed by atoms with Crippen LogP contribution in [0.1, 0.15) is 19.8 Å². The van der Waals surface area contributed by atoms with E-state index < -0.39 is 12.6 Å². The van der Waals surface area contributed by atoms with Crippen molar-refractivity contribution in [2.24, 2.45) is 10.9 Å². The normalized spacial score (nSPS) is 17.4. The number of hydrogen-bond donors (Lipinski definition) is 2. The highest BCUT2D eigenvalue weighted by Crippen LogP contribution is 2.27. The first-order chi connectivity index (χ1) is 12.4. The van der Waals surface area contributed by atoms with Crippen molar-refractivity contribution in [2.45, 2.75) is 25.9 Å². The zero-order valence-corrected chi connectivity index (χ0v) is 18.0. The Labute approximate surface area is 175 Å². The summed E-state index contributed by atoms with van der Waals surface area (Å²) in [4.78, 5) is 6.74. The van der Waals surface area contributed by atoms with Gasteiger partial charge < -0.3 is 20.3 Å². The Morgan fingerprint density at radius 2 is 2.11 bits per heavy atom. The van der Waals surface area contributed by atoms with Crippen molar-refractivity contribution in [2.75, 3.05) is 44.7 Å². The summed E-state index contributed by atoms with van der Waals surface area (Å²) in [7, 11) is 1.65. The SMILES string of the molecule is CCNC(=NCC1CCN(c2cccc(OC)c2)C1)NCCC(F)(F)F.I. The molecule has 1 atom stereocenters. The fourth-order valence-corrected chi connectivity index (χ4v) is 2.91. The average Bonchev–Trinajstić information content (AvgIpc) is 3.08. The van der Waals surface area contributed by atoms with E-state index >= 15 is 0 Å². The maximum absolute atomic E-state index is 12.3. The van der Waals surface area contributed by atoms with Crippen LogP contribution in [0.3, 0.4) is 0 Å². The molecule has 0 bridgehead atoms. The van der Waals surface area contributed by atoms with Gasteiger partial charge in [0.15, 0.2) is 5.96 Å². The van der Waals surface area contributed by atoms with Gasteiger partial charge in [0.1, 0.15) is 5.75 Å². The molecule has 5 nitrogen and oxygen atoms in total. The maximum atomic E-state index is 12.3. The second kappa shape index (κ2) is 11.5. The van der Waals surface area contributed by atoms with Crippen LogP contribution in [0.15, 0.2) is 29.3 Å². The van der Waals surface area contributed by atoms with Crippen LogP contribution in [0.5, 0.6) is 5.75 Å². The summed E-state index contributed by atoms with van der Waals surface area (Å²) >= 11 is 0. The molecule has 1 aromatic carbocycles. The molecule has 27 heavy (non-hydrogen) atoms. The fraction of sp³-hybridized carbons (Fsp3) is 0.611. The highest BCUT2D eigenvalue weighted by atomic mass is 127. The van der Waals surface area contributed by atoms with Gasteiger partial charge in [-0.3, -0.25) is 4.99 Å². The molecule has 2 N–H and O–H groups in total. The molecule has 0 spiro atoms. The maximum Gasteiger partial charge on any atom is 0.390 e. The predicted octanol–water partition coefficient (Wildman–Crippen LogP) is 3.65. The van der Waals surface area contributed by atoms with E-state index in [1.807, 2.05) is 25.1 Å². The van der Waals surface area contributed by atoms with Gasteiger partial charge in [-0.2, -0.15) is 13.2 Å². The Morgan fingerprint density at radius 3 is 2.78 bits per heavy atom. The minimum atomic E-state index is -4.16. The summed E-state index contributed by atoms with van der Waals surface area (Å²) in [6.07, 6.45) is -4.03. The number of rotatable bonds is 7. The number of anilines is 1. The molecule has 1 aliphatic heterocycles. The van der Waals surface area contributed by atoms with Crippen molar-refractivity contribution >= 4 is 35.6 Å². The van der Waals surface area contributed by atoms with Gasteiger partial charge >= 0.3 is 6.18 Å². The quantitative estimate of drug-likeness (QED) is 0.341. The highest BCUT2D eigenvalue weighted by Gasteiger charge is 2.26. The molecule has 0 amide bonds. The summed E-state index contributed by atoms with van der Waals surface area (Å²) in [6, 6.07) is 7.94. The second-order valence-electron chi connectivity index (χ2n) is 6.31. The first kappa shape index (κ1) is 23.6. The lowest BCUT2D eigenvalue weighted by Crippen LogP contribution is -2.39. The van der Waals surface area contributed by atoms with E-state index in [9.17, 15) is 13.2 Å². The zero-order chi connectivity index (χ0) is 19.0. The van der Waals surface area contributed by atoms with Crippen molar-refractivity contribution in [3.05, 3.63) is 24.3 Å². The first-order valence-electron chi connectivity index (χ1n) is 8.89. The summed E-state index contributed by atoms with van der Waals surface area (Å²) in [5.41, 5.74) is 1.12. The molecule has 1 saturated heterocycles. The number of benzene rings is 1. The lowest BCUT2D eigenvalue weighted by molar-refractivity contribution is -0.132. The van der Waals surface area contributed by atoms with E-state index in [0.717, 1.165) is 30.9 Å². The molecule has 0 radical (unpaired) electrons. The molecule has 0 aliphatic carbocycles. The predicted molar refractivity (Wildman–Crippen MR) is 113 cm³/mol. The van der Waals surface area contributed by atoms with E-state index in [1.165, 1.54) is 0 Å². The van der Waals surface area contributed by atoms with Crippen molar-refractivity contribution < 1.29 is 17.9 Å². The Balaban J connectivity index is 0.00000364. The van der Waals surface area contributed by atoms with Crippen LogP contribution in [0.25, 0.3) is 0 Å². The zero-order valence-electron chi connectivity index (χ0n) is 15.7. The van der Waals surface area contributed by atoms with Gasteiger partial charge in [0.2, 0.25) is 0 Å². The monoisotopic (exact) mass is 500 g/mol. The summed E-state index contributed by atoms with van der Waals surface area (Å²) in [5, 5.41) is 5.74. The Hall–Kier alpha value is -1.39. The number of alkyl halides is 3. The van der Waals surface area contributed by atoms with Crippen molar-refractivity contribution in [1.29, 1.82) is 0 Å². The number of halogens is 4. The number of nitrogens with zero attached hydrogens (tertiary/aromatic N) is 2. The largest absolute Gasteiger partial charge is 0.497 e. The van der Waals surface area contributed by atoms with Gasteiger partial charge in [-0.15, -0.1) is 24.0 Å². The van der Waals surface area contributed by atoms with Crippen LogP contribution in [-0.4, -0.2) is 52.0 Å². The molecule has 1 unspecified atom stereocenters. The van der Waals surface area contributed by atoms with Crippen molar-refractivity contribution in [3.8, 4) is 5.75 Å². The smallest absolute Gasteiger partial charge is 0.390 e. The molecular formula is C18H28F3IN4O. The molecule has 0 aromatic heterocycles. The summed E-state index contributed by atoms with van der Waals surface area (Å²) < 4.78 is 42.1. The third kappa shape index (κ3) is 8.44. The van der Waals surface area contributed by atoms with Gasteiger partial charge in [0.25, 0.3) is 0 Å². The molecule has 1 fully saturated rings. The Bertz CT molecular complexity index is 598. The number of nitrogens with one attached hydrogen (secondary N) is 2. The Morgan fingerprint density at radius 1 is 1.33 bits per heavy atom. The van der Waals surface area contributed by atoms with Gasteiger partial charge in [-0.25, -0.2) is 0 Å². The minimum absolute atomic E-state index is 0. The molecule has 9 heteroatoms. The van der Waals surface area contributed by atoms with Crippen LogP contribution in [0.4, 0.5) is 18.9 Å². The van der Waals surface area contributed by atoms with Crippen LogP contribution >= 0.6 is 24.0 Å². The highest BCUT2D eigenvalue weighted by molar-refractivity contribution is 14.0. The third-order valence-electron chi connectivity index (χ3n) is 4.26. The fourth-order valence-electron chi connectivity index (χ4n) is 2.91. The van der Waals surface area contributed by atoms with Crippen LogP contribution in [-0.2, 0) is 0 Å². The van der Waals surface area contributed by atoms with Gasteiger partial charge in [0, 0.05) is 44.5 Å². The van der Waals surface area contributed by atoms with Gasteiger partial charge in [-0.1, -0.05) is 6.07 Å². The standard InChI is InChI=1S/C18H27F3N4O.HI/c1-3-22-17(23-9-8-18(19,20)21)24-12-14-7-10-25(13-14)15-5-4-6-16(11-15)26-2;/h4-6,11,14H,3,7-10,12-13H2,1-2H3,(H2,22,23,24);1H. The van der Waals surface area contributed by atoms with E-state index in [0.29, 0.717) is 25.0 Å². The second-order valence-corrected chi connectivity index (χ2v) is 6.31. The molecule has 1 aromatic rings. The van der Waals surface area contributed by atoms with Gasteiger partial charge in [0.05, 0.1) is 13.5 Å². The van der Waals surface area contributed by atoms with E-state index in [2.05, 4.69) is 26.6 Å². The number of ether oxygens (including phenoxy) is 1.